The molecule has 0 atom stereocenters. The van der Waals surface area contributed by atoms with Crippen LogP contribution >= 0.6 is 0 Å². The summed E-state index contributed by atoms with van der Waals surface area (Å²) in [6.07, 6.45) is 0.974. The number of hydrogen-bond acceptors (Lipinski definition) is 3. The van der Waals surface area contributed by atoms with Crippen LogP contribution in [-0.2, 0) is 17.6 Å². The number of amides is 1. The van der Waals surface area contributed by atoms with Gasteiger partial charge >= 0.3 is 0 Å². The Labute approximate surface area is 123 Å². The van der Waals surface area contributed by atoms with Gasteiger partial charge in [0.2, 0.25) is 5.91 Å². The van der Waals surface area contributed by atoms with Gasteiger partial charge in [0, 0.05) is 16.9 Å². The number of H-pyrrole nitrogens is 1. The van der Waals surface area contributed by atoms with Crippen LogP contribution in [-0.4, -0.2) is 15.9 Å². The first-order chi connectivity index (χ1) is 9.99. The zero-order chi connectivity index (χ0) is 15.4. The molecule has 1 amide bonds. The van der Waals surface area contributed by atoms with E-state index in [1.165, 1.54) is 5.56 Å². The van der Waals surface area contributed by atoms with E-state index in [2.05, 4.69) is 22.2 Å². The Morgan fingerprint density at radius 1 is 1.24 bits per heavy atom. The van der Waals surface area contributed by atoms with Gasteiger partial charge in [-0.2, -0.15) is 0 Å². The molecule has 0 unspecified atom stereocenters. The number of rotatable bonds is 4. The van der Waals surface area contributed by atoms with Crippen LogP contribution in [0.2, 0.25) is 0 Å². The summed E-state index contributed by atoms with van der Waals surface area (Å²) in [4.78, 5) is 30.7. The van der Waals surface area contributed by atoms with Gasteiger partial charge in [-0.3, -0.25) is 9.59 Å². The predicted molar refractivity (Wildman–Crippen MR) is 82.5 cm³/mol. The third kappa shape index (κ3) is 3.78. The predicted octanol–water partition coefficient (Wildman–Crippen LogP) is 2.13. The normalized spacial score (nSPS) is 10.4. The fourth-order valence-electron chi connectivity index (χ4n) is 2.15. The number of anilines is 1. The number of aryl methyl sites for hydroxylation is 3. The Balaban J connectivity index is 2.10. The van der Waals surface area contributed by atoms with Crippen molar-refractivity contribution in [3.05, 3.63) is 57.3 Å². The molecule has 0 bridgehead atoms. The third-order valence-electron chi connectivity index (χ3n) is 3.32. The molecule has 5 nitrogen and oxygen atoms in total. The molecule has 0 aliphatic rings. The fraction of sp³-hybridized carbons (Fsp3) is 0.312. The highest BCUT2D eigenvalue weighted by atomic mass is 16.2. The topological polar surface area (TPSA) is 74.8 Å². The molecule has 0 fully saturated rings. The van der Waals surface area contributed by atoms with Crippen molar-refractivity contribution in [2.75, 3.05) is 5.32 Å². The van der Waals surface area contributed by atoms with Crippen LogP contribution in [0.3, 0.4) is 0 Å². The number of benzene rings is 1. The van der Waals surface area contributed by atoms with Gasteiger partial charge in [0.1, 0.15) is 5.82 Å². The maximum Gasteiger partial charge on any atom is 0.254 e. The van der Waals surface area contributed by atoms with Gasteiger partial charge in [0.05, 0.1) is 6.42 Å². The highest BCUT2D eigenvalue weighted by molar-refractivity contribution is 5.92. The highest BCUT2D eigenvalue weighted by Gasteiger charge is 2.11. The second kappa shape index (κ2) is 6.35. The van der Waals surface area contributed by atoms with E-state index in [4.69, 9.17) is 0 Å². The van der Waals surface area contributed by atoms with Crippen molar-refractivity contribution >= 4 is 11.6 Å². The first-order valence-corrected chi connectivity index (χ1v) is 6.94. The van der Waals surface area contributed by atoms with Crippen LogP contribution in [0.4, 0.5) is 5.69 Å². The maximum absolute atomic E-state index is 12.0. The average molecular weight is 285 g/mol. The van der Waals surface area contributed by atoms with Crippen LogP contribution in [0.25, 0.3) is 0 Å². The van der Waals surface area contributed by atoms with Gasteiger partial charge in [-0.15, -0.1) is 0 Å². The summed E-state index contributed by atoms with van der Waals surface area (Å²) in [6, 6.07) is 7.67. The number of aromatic nitrogens is 2. The molecule has 2 aromatic rings. The summed E-state index contributed by atoms with van der Waals surface area (Å²) in [6.45, 7) is 5.53. The van der Waals surface area contributed by atoms with Gasteiger partial charge in [-0.05, 0) is 38.0 Å². The molecule has 1 aromatic heterocycles. The Bertz CT molecular complexity index is 702. The quantitative estimate of drug-likeness (QED) is 0.903. The van der Waals surface area contributed by atoms with Crippen LogP contribution in [0.15, 0.2) is 29.1 Å². The van der Waals surface area contributed by atoms with Crippen molar-refractivity contribution in [1.82, 2.24) is 9.97 Å². The fourth-order valence-corrected chi connectivity index (χ4v) is 2.15. The molecule has 21 heavy (non-hydrogen) atoms. The Hall–Kier alpha value is -2.43. The minimum Gasteiger partial charge on any atom is -0.326 e. The van der Waals surface area contributed by atoms with Crippen molar-refractivity contribution in [3.8, 4) is 0 Å². The molecule has 0 saturated heterocycles. The zero-order valence-electron chi connectivity index (χ0n) is 12.5. The summed E-state index contributed by atoms with van der Waals surface area (Å²) in [5.74, 6) is 0.329. The van der Waals surface area contributed by atoms with Gasteiger partial charge in [0.25, 0.3) is 5.56 Å². The summed E-state index contributed by atoms with van der Waals surface area (Å²) in [7, 11) is 0. The lowest BCUT2D eigenvalue weighted by molar-refractivity contribution is -0.115. The monoisotopic (exact) mass is 285 g/mol. The van der Waals surface area contributed by atoms with Gasteiger partial charge in [-0.25, -0.2) is 4.98 Å². The molecule has 1 heterocycles. The molecule has 0 aliphatic carbocycles. The molecule has 0 spiro atoms. The molecule has 2 rings (SSSR count). The summed E-state index contributed by atoms with van der Waals surface area (Å²) < 4.78 is 0. The summed E-state index contributed by atoms with van der Waals surface area (Å²) >= 11 is 0. The first-order valence-electron chi connectivity index (χ1n) is 6.94. The zero-order valence-corrected chi connectivity index (χ0v) is 12.5. The number of carbonyl (C=O) groups excluding carboxylic acids is 1. The number of hydrogen-bond donors (Lipinski definition) is 2. The summed E-state index contributed by atoms with van der Waals surface area (Å²) in [5.41, 5.74) is 2.68. The number of aromatic amines is 1. The molecule has 0 saturated carbocycles. The number of nitrogens with zero attached hydrogens (tertiary/aromatic N) is 1. The third-order valence-corrected chi connectivity index (χ3v) is 3.32. The average Bonchev–Trinajstić information content (AvgIpc) is 2.43. The van der Waals surface area contributed by atoms with Gasteiger partial charge in [-0.1, -0.05) is 19.1 Å². The standard InChI is InChI=1S/C16H19N3O2/c1-4-12-5-7-13(8-6-12)19-15(20)9-14-10(2)17-11(3)18-16(14)21/h5-8H,4,9H2,1-3H3,(H,19,20)(H,17,18,21). The second-order valence-electron chi connectivity index (χ2n) is 4.99. The van der Waals surface area contributed by atoms with E-state index < -0.39 is 0 Å². The minimum atomic E-state index is -0.253. The maximum atomic E-state index is 12.0. The number of nitrogens with one attached hydrogen (secondary N) is 2. The lowest BCUT2D eigenvalue weighted by Crippen LogP contribution is -2.24. The van der Waals surface area contributed by atoms with Gasteiger partial charge < -0.3 is 10.3 Å². The van der Waals surface area contributed by atoms with Crippen molar-refractivity contribution < 1.29 is 4.79 Å². The van der Waals surface area contributed by atoms with E-state index in [1.54, 1.807) is 13.8 Å². The molecule has 2 N–H and O–H groups in total. The molecule has 110 valence electrons. The molecule has 5 heteroatoms. The van der Waals surface area contributed by atoms with Crippen LogP contribution < -0.4 is 10.9 Å². The summed E-state index contributed by atoms with van der Waals surface area (Å²) in [5, 5.41) is 2.79. The van der Waals surface area contributed by atoms with Crippen molar-refractivity contribution in [1.29, 1.82) is 0 Å². The largest absolute Gasteiger partial charge is 0.326 e. The van der Waals surface area contributed by atoms with E-state index in [0.717, 1.165) is 12.1 Å². The smallest absolute Gasteiger partial charge is 0.254 e. The van der Waals surface area contributed by atoms with Gasteiger partial charge in [0.15, 0.2) is 0 Å². The lowest BCUT2D eigenvalue weighted by Gasteiger charge is -2.07. The molecular weight excluding hydrogens is 266 g/mol. The Morgan fingerprint density at radius 3 is 2.48 bits per heavy atom. The molecule has 1 aromatic carbocycles. The second-order valence-corrected chi connectivity index (χ2v) is 4.99. The van der Waals surface area contributed by atoms with Crippen LogP contribution in [0.1, 0.15) is 29.6 Å². The highest BCUT2D eigenvalue weighted by Crippen LogP contribution is 2.10. The lowest BCUT2D eigenvalue weighted by atomic mass is 10.1. The van der Waals surface area contributed by atoms with Crippen molar-refractivity contribution in [3.63, 3.8) is 0 Å². The molecule has 0 radical (unpaired) electrons. The Kier molecular flexibility index (Phi) is 4.52. The molecular formula is C16H19N3O2. The van der Waals surface area contributed by atoms with Crippen LogP contribution in [0, 0.1) is 13.8 Å². The van der Waals surface area contributed by atoms with E-state index >= 15 is 0 Å². The molecule has 0 aliphatic heterocycles. The minimum absolute atomic E-state index is 0.0178. The van der Waals surface area contributed by atoms with Crippen molar-refractivity contribution in [2.24, 2.45) is 0 Å². The number of carbonyl (C=O) groups is 1. The van der Waals surface area contributed by atoms with Crippen LogP contribution in [0.5, 0.6) is 0 Å². The van der Waals surface area contributed by atoms with E-state index in [9.17, 15) is 9.59 Å². The first kappa shape index (κ1) is 15.0. The van der Waals surface area contributed by atoms with E-state index in [-0.39, 0.29) is 17.9 Å². The van der Waals surface area contributed by atoms with Crippen molar-refractivity contribution in [2.45, 2.75) is 33.6 Å². The van der Waals surface area contributed by atoms with E-state index in [0.29, 0.717) is 17.1 Å². The Morgan fingerprint density at radius 2 is 1.90 bits per heavy atom. The van der Waals surface area contributed by atoms with E-state index in [1.807, 2.05) is 24.3 Å². The SMILES string of the molecule is CCc1ccc(NC(=O)Cc2c(C)nc(C)[nH]c2=O)cc1.